The number of nitrogens with zero attached hydrogens (tertiary/aromatic N) is 3. The zero-order valence-electron chi connectivity index (χ0n) is 19.5. The second-order valence-corrected chi connectivity index (χ2v) is 8.21. The molecule has 180 valence electrons. The van der Waals surface area contributed by atoms with Gasteiger partial charge >= 0.3 is 11.7 Å². The van der Waals surface area contributed by atoms with Crippen LogP contribution in [0.15, 0.2) is 58.1 Å². The van der Waals surface area contributed by atoms with Gasteiger partial charge in [0.2, 0.25) is 0 Å². The number of amides is 1. The van der Waals surface area contributed by atoms with Gasteiger partial charge in [-0.25, -0.2) is 9.59 Å². The lowest BCUT2D eigenvalue weighted by Gasteiger charge is -2.16. The van der Waals surface area contributed by atoms with Crippen molar-refractivity contribution in [2.24, 2.45) is 0 Å². The summed E-state index contributed by atoms with van der Waals surface area (Å²) in [7, 11) is 0. The molecule has 0 aliphatic carbocycles. The molecule has 0 bridgehead atoms. The molecular weight excluding hydrogens is 450 g/mol. The van der Waals surface area contributed by atoms with Crippen molar-refractivity contribution in [3.05, 3.63) is 97.4 Å². The largest absolute Gasteiger partial charge is 0.479 e. The lowest BCUT2D eigenvalue weighted by molar-refractivity contribution is -0.139. The van der Waals surface area contributed by atoms with Crippen LogP contribution in [0.3, 0.4) is 0 Å². The van der Waals surface area contributed by atoms with Crippen LogP contribution in [0.5, 0.6) is 0 Å². The molecule has 0 aliphatic rings. The Bertz CT molecular complexity index is 1550. The maximum Gasteiger partial charge on any atom is 0.331 e. The maximum atomic E-state index is 13.0. The molecule has 2 heterocycles. The summed E-state index contributed by atoms with van der Waals surface area (Å²) >= 11 is 0. The topological polar surface area (TPSA) is 139 Å². The Morgan fingerprint density at radius 2 is 1.83 bits per heavy atom. The number of rotatable bonds is 7. The van der Waals surface area contributed by atoms with Crippen LogP contribution in [-0.4, -0.2) is 36.3 Å². The normalized spacial score (nSPS) is 12.0. The molecule has 0 fully saturated rings. The standard InChI is InChI=1S/C25H25N5O5/c1-4-29-23(32)18-11-10-17(12-19(18)26-25(29)35)22(31)27-21(24(33)34)20-14(2)28-30(15(20)3)13-16-8-6-5-7-9-16/h5-12,21H,4,13H2,1-3H3,(H,26,35)(H,27,31)(H,33,34). The van der Waals surface area contributed by atoms with Crippen molar-refractivity contribution in [1.29, 1.82) is 0 Å². The first kappa shape index (κ1) is 23.7. The van der Waals surface area contributed by atoms with E-state index in [2.05, 4.69) is 15.4 Å². The number of carboxylic acid groups (broad SMARTS) is 1. The number of aliphatic carboxylic acids is 1. The molecule has 3 N–H and O–H groups in total. The second kappa shape index (κ2) is 9.41. The van der Waals surface area contributed by atoms with E-state index in [-0.39, 0.29) is 23.0 Å². The Morgan fingerprint density at radius 3 is 2.49 bits per heavy atom. The average molecular weight is 476 g/mol. The van der Waals surface area contributed by atoms with Crippen LogP contribution in [-0.2, 0) is 17.9 Å². The molecular formula is C25H25N5O5. The van der Waals surface area contributed by atoms with E-state index in [1.54, 1.807) is 25.5 Å². The fourth-order valence-corrected chi connectivity index (χ4v) is 4.19. The Labute approximate surface area is 199 Å². The highest BCUT2D eigenvalue weighted by molar-refractivity contribution is 5.99. The fraction of sp³-hybridized carbons (Fsp3) is 0.240. The number of benzene rings is 2. The highest BCUT2D eigenvalue weighted by Crippen LogP contribution is 2.24. The summed E-state index contributed by atoms with van der Waals surface area (Å²) in [6.07, 6.45) is 0. The fourth-order valence-electron chi connectivity index (χ4n) is 4.19. The van der Waals surface area contributed by atoms with E-state index in [1.807, 2.05) is 30.3 Å². The molecule has 0 radical (unpaired) electrons. The molecule has 2 aromatic carbocycles. The van der Waals surface area contributed by atoms with E-state index in [4.69, 9.17) is 0 Å². The molecule has 1 amide bonds. The van der Waals surface area contributed by atoms with Gasteiger partial charge in [0.1, 0.15) is 0 Å². The smallest absolute Gasteiger partial charge is 0.331 e. The zero-order chi connectivity index (χ0) is 25.3. The number of aromatic nitrogens is 4. The molecule has 0 saturated heterocycles. The van der Waals surface area contributed by atoms with Gasteiger partial charge in [-0.3, -0.25) is 18.8 Å². The van der Waals surface area contributed by atoms with Crippen LogP contribution >= 0.6 is 0 Å². The van der Waals surface area contributed by atoms with E-state index >= 15 is 0 Å². The number of aryl methyl sites for hydroxylation is 1. The van der Waals surface area contributed by atoms with Crippen molar-refractivity contribution in [1.82, 2.24) is 24.6 Å². The first-order valence-corrected chi connectivity index (χ1v) is 11.1. The van der Waals surface area contributed by atoms with Crippen LogP contribution in [0.25, 0.3) is 10.9 Å². The van der Waals surface area contributed by atoms with Gasteiger partial charge in [-0.2, -0.15) is 5.10 Å². The number of nitrogens with one attached hydrogen (secondary N) is 2. The van der Waals surface area contributed by atoms with E-state index in [1.165, 1.54) is 18.2 Å². The third-order valence-corrected chi connectivity index (χ3v) is 5.98. The highest BCUT2D eigenvalue weighted by atomic mass is 16.4. The van der Waals surface area contributed by atoms with E-state index in [0.29, 0.717) is 23.5 Å². The maximum absolute atomic E-state index is 13.0. The van der Waals surface area contributed by atoms with Crippen molar-refractivity contribution in [2.45, 2.75) is 39.9 Å². The highest BCUT2D eigenvalue weighted by Gasteiger charge is 2.29. The van der Waals surface area contributed by atoms with E-state index in [9.17, 15) is 24.3 Å². The van der Waals surface area contributed by atoms with Gasteiger partial charge < -0.3 is 15.4 Å². The van der Waals surface area contributed by atoms with Crippen molar-refractivity contribution in [2.75, 3.05) is 0 Å². The van der Waals surface area contributed by atoms with Crippen LogP contribution in [0.4, 0.5) is 0 Å². The first-order chi connectivity index (χ1) is 16.7. The van der Waals surface area contributed by atoms with E-state index < -0.39 is 29.2 Å². The summed E-state index contributed by atoms with van der Waals surface area (Å²) in [5.74, 6) is -1.89. The van der Waals surface area contributed by atoms with Crippen molar-refractivity contribution < 1.29 is 14.7 Å². The summed E-state index contributed by atoms with van der Waals surface area (Å²) in [4.78, 5) is 52.4. The van der Waals surface area contributed by atoms with Crippen LogP contribution in [0, 0.1) is 13.8 Å². The Hall–Kier alpha value is -4.47. The van der Waals surface area contributed by atoms with Crippen molar-refractivity contribution in [3.63, 3.8) is 0 Å². The quantitative estimate of drug-likeness (QED) is 0.374. The summed E-state index contributed by atoms with van der Waals surface area (Å²) in [6.45, 7) is 5.82. The third-order valence-electron chi connectivity index (χ3n) is 5.98. The number of hydrogen-bond donors (Lipinski definition) is 3. The number of carbonyl (C=O) groups excluding carboxylic acids is 1. The molecule has 4 rings (SSSR count). The average Bonchev–Trinajstić information content (AvgIpc) is 3.10. The number of carboxylic acids is 1. The number of H-pyrrole nitrogens is 1. The summed E-state index contributed by atoms with van der Waals surface area (Å²) < 4.78 is 2.77. The molecule has 2 aromatic heterocycles. The molecule has 0 spiro atoms. The van der Waals surface area contributed by atoms with Gasteiger partial charge in [0.25, 0.3) is 11.5 Å². The SMILES string of the molecule is CCn1c(=O)[nH]c2cc(C(=O)NC(C(=O)O)c3c(C)nn(Cc4ccccc4)c3C)ccc2c1=O. The zero-order valence-corrected chi connectivity index (χ0v) is 19.5. The lowest BCUT2D eigenvalue weighted by atomic mass is 10.0. The van der Waals surface area contributed by atoms with Crippen LogP contribution < -0.4 is 16.6 Å². The summed E-state index contributed by atoms with van der Waals surface area (Å²) in [5.41, 5.74) is 1.81. The van der Waals surface area contributed by atoms with Crippen LogP contribution in [0.2, 0.25) is 0 Å². The molecule has 0 aliphatic heterocycles. The van der Waals surface area contributed by atoms with Gasteiger partial charge in [0, 0.05) is 23.4 Å². The van der Waals surface area contributed by atoms with Gasteiger partial charge in [0.15, 0.2) is 6.04 Å². The predicted molar refractivity (Wildman–Crippen MR) is 130 cm³/mol. The summed E-state index contributed by atoms with van der Waals surface area (Å²) in [5, 5.41) is 17.2. The molecule has 4 aromatic rings. The molecule has 10 heteroatoms. The molecule has 10 nitrogen and oxygen atoms in total. The van der Waals surface area contributed by atoms with Crippen LogP contribution in [0.1, 0.15) is 45.8 Å². The first-order valence-electron chi connectivity index (χ1n) is 11.1. The second-order valence-electron chi connectivity index (χ2n) is 8.21. The van der Waals surface area contributed by atoms with Gasteiger partial charge in [-0.1, -0.05) is 30.3 Å². The Balaban J connectivity index is 1.66. The Morgan fingerprint density at radius 1 is 1.11 bits per heavy atom. The minimum atomic E-state index is -1.34. The minimum absolute atomic E-state index is 0.111. The number of hydrogen-bond acceptors (Lipinski definition) is 5. The van der Waals surface area contributed by atoms with E-state index in [0.717, 1.165) is 10.1 Å². The van der Waals surface area contributed by atoms with Gasteiger partial charge in [0.05, 0.1) is 23.1 Å². The predicted octanol–water partition coefficient (Wildman–Crippen LogP) is 2.13. The van der Waals surface area contributed by atoms with Gasteiger partial charge in [-0.15, -0.1) is 0 Å². The molecule has 35 heavy (non-hydrogen) atoms. The molecule has 0 saturated carbocycles. The molecule has 1 atom stereocenters. The van der Waals surface area contributed by atoms with Crippen molar-refractivity contribution >= 4 is 22.8 Å². The minimum Gasteiger partial charge on any atom is -0.479 e. The number of fused-ring (bicyclic) bond motifs is 1. The van der Waals surface area contributed by atoms with Crippen molar-refractivity contribution in [3.8, 4) is 0 Å². The monoisotopic (exact) mass is 475 g/mol. The third kappa shape index (κ3) is 4.50. The summed E-state index contributed by atoms with van der Waals surface area (Å²) in [6, 6.07) is 12.5. The number of carbonyl (C=O) groups is 2. The lowest BCUT2D eigenvalue weighted by Crippen LogP contribution is -2.35. The Kier molecular flexibility index (Phi) is 6.37. The number of aromatic amines is 1. The molecule has 1 unspecified atom stereocenters. The van der Waals surface area contributed by atoms with Gasteiger partial charge in [-0.05, 0) is 44.5 Å².